The lowest BCUT2D eigenvalue weighted by atomic mass is 10.3. The van der Waals surface area contributed by atoms with Crippen LogP contribution in [0, 0.1) is 6.92 Å². The largest absolute Gasteiger partial charge is 0.481 e. The molecule has 0 saturated heterocycles. The Labute approximate surface area is 93.7 Å². The van der Waals surface area contributed by atoms with Crippen molar-refractivity contribution in [2.24, 2.45) is 0 Å². The van der Waals surface area contributed by atoms with Crippen LogP contribution in [-0.2, 0) is 4.79 Å². The Bertz CT molecular complexity index is 368. The van der Waals surface area contributed by atoms with E-state index in [1.54, 1.807) is 6.07 Å². The molecule has 0 aliphatic heterocycles. The molecule has 0 amide bonds. The molecule has 1 rings (SSSR count). The highest BCUT2D eigenvalue weighted by Crippen LogP contribution is 2.10. The van der Waals surface area contributed by atoms with Gasteiger partial charge in [0.05, 0.1) is 7.11 Å². The zero-order valence-corrected chi connectivity index (χ0v) is 9.36. The molecule has 1 aromatic heterocycles. The number of hydrogen-bond donors (Lipinski definition) is 2. The van der Waals surface area contributed by atoms with E-state index in [2.05, 4.69) is 15.3 Å². The number of nitrogens with one attached hydrogen (secondary N) is 1. The number of hydrogen-bond acceptors (Lipinski definition) is 5. The van der Waals surface area contributed by atoms with Crippen LogP contribution in [0.4, 0.5) is 5.82 Å². The number of carbonyl (C=O) groups is 1. The molecule has 0 aliphatic carbocycles. The second kappa shape index (κ2) is 5.89. The Morgan fingerprint density at radius 1 is 1.56 bits per heavy atom. The quantitative estimate of drug-likeness (QED) is 0.704. The lowest BCUT2D eigenvalue weighted by molar-refractivity contribution is -0.137. The van der Waals surface area contributed by atoms with Crippen LogP contribution in [0.25, 0.3) is 0 Å². The molecule has 0 aromatic carbocycles. The minimum absolute atomic E-state index is 0.147. The maximum absolute atomic E-state index is 10.3. The van der Waals surface area contributed by atoms with Crippen molar-refractivity contribution in [3.8, 4) is 6.01 Å². The van der Waals surface area contributed by atoms with E-state index >= 15 is 0 Å². The first-order valence-electron chi connectivity index (χ1n) is 4.97. The summed E-state index contributed by atoms with van der Waals surface area (Å²) in [6, 6.07) is 2.09. The molecule has 0 spiro atoms. The van der Waals surface area contributed by atoms with E-state index in [1.807, 2.05) is 6.92 Å². The highest BCUT2D eigenvalue weighted by molar-refractivity contribution is 5.66. The van der Waals surface area contributed by atoms with E-state index in [0.717, 1.165) is 5.69 Å². The van der Waals surface area contributed by atoms with Crippen LogP contribution in [-0.4, -0.2) is 34.7 Å². The van der Waals surface area contributed by atoms with Gasteiger partial charge in [0.25, 0.3) is 0 Å². The van der Waals surface area contributed by atoms with Gasteiger partial charge in [-0.25, -0.2) is 4.98 Å². The summed E-state index contributed by atoms with van der Waals surface area (Å²) in [5, 5.41) is 11.5. The van der Waals surface area contributed by atoms with E-state index in [9.17, 15) is 4.79 Å². The standard InChI is InChI=1S/C10H15N3O3/c1-7-6-8(13-10(12-7)16-2)11-5-3-4-9(14)15/h6H,3-5H2,1-2H3,(H,14,15)(H,11,12,13). The van der Waals surface area contributed by atoms with Crippen LogP contribution in [0.1, 0.15) is 18.5 Å². The van der Waals surface area contributed by atoms with Gasteiger partial charge in [-0.2, -0.15) is 4.98 Å². The number of nitrogens with zero attached hydrogens (tertiary/aromatic N) is 2. The van der Waals surface area contributed by atoms with Crippen molar-refractivity contribution < 1.29 is 14.6 Å². The zero-order valence-electron chi connectivity index (χ0n) is 9.36. The lowest BCUT2D eigenvalue weighted by Crippen LogP contribution is -2.07. The minimum atomic E-state index is -0.793. The number of aliphatic carboxylic acids is 1. The Hall–Kier alpha value is -1.85. The molecule has 0 unspecified atom stereocenters. The van der Waals surface area contributed by atoms with Gasteiger partial charge in [-0.3, -0.25) is 4.79 Å². The molecule has 6 heteroatoms. The lowest BCUT2D eigenvalue weighted by Gasteiger charge is -2.06. The van der Waals surface area contributed by atoms with Gasteiger partial charge in [-0.15, -0.1) is 0 Å². The third-order valence-corrected chi connectivity index (χ3v) is 1.89. The molecule has 0 radical (unpaired) electrons. The molecule has 2 N–H and O–H groups in total. The van der Waals surface area contributed by atoms with Crippen LogP contribution >= 0.6 is 0 Å². The number of aryl methyl sites for hydroxylation is 1. The van der Waals surface area contributed by atoms with Gasteiger partial charge in [-0.05, 0) is 13.3 Å². The normalized spacial score (nSPS) is 9.88. The van der Waals surface area contributed by atoms with Crippen molar-refractivity contribution in [1.29, 1.82) is 0 Å². The number of ether oxygens (including phenoxy) is 1. The van der Waals surface area contributed by atoms with Gasteiger partial charge in [0.1, 0.15) is 5.82 Å². The first-order valence-corrected chi connectivity index (χ1v) is 4.97. The molecule has 0 saturated carbocycles. The Morgan fingerprint density at radius 3 is 2.94 bits per heavy atom. The van der Waals surface area contributed by atoms with Crippen LogP contribution < -0.4 is 10.1 Å². The van der Waals surface area contributed by atoms with Crippen LogP contribution in [0.5, 0.6) is 6.01 Å². The number of rotatable bonds is 6. The average molecular weight is 225 g/mol. The summed E-state index contributed by atoms with van der Waals surface area (Å²) in [6.07, 6.45) is 0.703. The van der Waals surface area contributed by atoms with Gasteiger partial charge in [0, 0.05) is 24.7 Å². The highest BCUT2D eigenvalue weighted by Gasteiger charge is 2.02. The van der Waals surface area contributed by atoms with Gasteiger partial charge in [-0.1, -0.05) is 0 Å². The van der Waals surface area contributed by atoms with E-state index in [4.69, 9.17) is 9.84 Å². The van der Waals surface area contributed by atoms with E-state index in [0.29, 0.717) is 24.8 Å². The molecule has 0 bridgehead atoms. The summed E-state index contributed by atoms with van der Waals surface area (Å²) in [6.45, 7) is 2.40. The maximum atomic E-state index is 10.3. The van der Waals surface area contributed by atoms with Gasteiger partial charge in [0.15, 0.2) is 0 Å². The number of aromatic nitrogens is 2. The predicted molar refractivity (Wildman–Crippen MR) is 58.7 cm³/mol. The Kier molecular flexibility index (Phi) is 4.50. The molecular formula is C10H15N3O3. The summed E-state index contributed by atoms with van der Waals surface area (Å²) in [5.74, 6) is -0.145. The molecule has 1 aromatic rings. The third kappa shape index (κ3) is 4.12. The third-order valence-electron chi connectivity index (χ3n) is 1.89. The fraction of sp³-hybridized carbons (Fsp3) is 0.500. The van der Waals surface area contributed by atoms with E-state index in [1.165, 1.54) is 7.11 Å². The van der Waals surface area contributed by atoms with Crippen molar-refractivity contribution in [1.82, 2.24) is 9.97 Å². The smallest absolute Gasteiger partial charge is 0.318 e. The second-order valence-electron chi connectivity index (χ2n) is 3.31. The monoisotopic (exact) mass is 225 g/mol. The van der Waals surface area contributed by atoms with Crippen molar-refractivity contribution in [2.75, 3.05) is 19.0 Å². The average Bonchev–Trinajstić information content (AvgIpc) is 2.23. The molecule has 0 atom stereocenters. The fourth-order valence-corrected chi connectivity index (χ4v) is 1.18. The predicted octanol–water partition coefficient (Wildman–Crippen LogP) is 1.07. The van der Waals surface area contributed by atoms with Crippen molar-refractivity contribution in [2.45, 2.75) is 19.8 Å². The maximum Gasteiger partial charge on any atom is 0.318 e. The van der Waals surface area contributed by atoms with E-state index < -0.39 is 5.97 Å². The van der Waals surface area contributed by atoms with Gasteiger partial charge >= 0.3 is 12.0 Å². The molecule has 0 aliphatic rings. The molecule has 6 nitrogen and oxygen atoms in total. The molecular weight excluding hydrogens is 210 g/mol. The summed E-state index contributed by atoms with van der Waals surface area (Å²) >= 11 is 0. The summed E-state index contributed by atoms with van der Waals surface area (Å²) in [4.78, 5) is 18.4. The summed E-state index contributed by atoms with van der Waals surface area (Å²) < 4.78 is 4.92. The van der Waals surface area contributed by atoms with E-state index in [-0.39, 0.29) is 6.42 Å². The molecule has 88 valence electrons. The van der Waals surface area contributed by atoms with Crippen LogP contribution in [0.15, 0.2) is 6.07 Å². The second-order valence-corrected chi connectivity index (χ2v) is 3.31. The topological polar surface area (TPSA) is 84.3 Å². The minimum Gasteiger partial charge on any atom is -0.481 e. The van der Waals surface area contributed by atoms with Crippen molar-refractivity contribution >= 4 is 11.8 Å². The molecule has 1 heterocycles. The Balaban J connectivity index is 2.47. The van der Waals surface area contributed by atoms with Gasteiger partial charge in [0.2, 0.25) is 0 Å². The number of methoxy groups -OCH3 is 1. The first kappa shape index (κ1) is 12.2. The van der Waals surface area contributed by atoms with Crippen LogP contribution in [0.2, 0.25) is 0 Å². The molecule has 0 fully saturated rings. The first-order chi connectivity index (χ1) is 7.61. The number of carboxylic acid groups (broad SMARTS) is 1. The zero-order chi connectivity index (χ0) is 12.0. The SMILES string of the molecule is COc1nc(C)cc(NCCCC(=O)O)n1. The molecule has 16 heavy (non-hydrogen) atoms. The van der Waals surface area contributed by atoms with Crippen molar-refractivity contribution in [3.63, 3.8) is 0 Å². The Morgan fingerprint density at radius 2 is 2.31 bits per heavy atom. The summed E-state index contributed by atoms with van der Waals surface area (Å²) in [7, 11) is 1.50. The van der Waals surface area contributed by atoms with Crippen LogP contribution in [0.3, 0.4) is 0 Å². The number of anilines is 1. The fourth-order valence-electron chi connectivity index (χ4n) is 1.18. The number of carboxylic acids is 1. The highest BCUT2D eigenvalue weighted by atomic mass is 16.5. The van der Waals surface area contributed by atoms with Gasteiger partial charge < -0.3 is 15.2 Å². The summed E-state index contributed by atoms with van der Waals surface area (Å²) in [5.41, 5.74) is 0.799. The van der Waals surface area contributed by atoms with Crippen molar-refractivity contribution in [3.05, 3.63) is 11.8 Å².